The summed E-state index contributed by atoms with van der Waals surface area (Å²) >= 11 is 0. The molecule has 1 aromatic heterocycles. The molecule has 20 heavy (non-hydrogen) atoms. The van der Waals surface area contributed by atoms with Crippen molar-refractivity contribution in [3.63, 3.8) is 0 Å². The fourth-order valence-electron chi connectivity index (χ4n) is 2.51. The SMILES string of the molecule is Cc1ccccc1CN[C@@H](C)c1cc2ccccc2[nH]1. The van der Waals surface area contributed by atoms with Crippen molar-refractivity contribution in [3.8, 4) is 0 Å². The van der Waals surface area contributed by atoms with Crippen molar-refractivity contribution >= 4 is 10.9 Å². The zero-order valence-electron chi connectivity index (χ0n) is 12.0. The fourth-order valence-corrected chi connectivity index (χ4v) is 2.51. The summed E-state index contributed by atoms with van der Waals surface area (Å²) in [4.78, 5) is 3.48. The smallest absolute Gasteiger partial charge is 0.0456 e. The molecular weight excluding hydrogens is 244 g/mol. The van der Waals surface area contributed by atoms with Gasteiger partial charge in [-0.1, -0.05) is 42.5 Å². The second-order valence-corrected chi connectivity index (χ2v) is 5.34. The van der Waals surface area contributed by atoms with E-state index >= 15 is 0 Å². The molecule has 3 aromatic rings. The quantitative estimate of drug-likeness (QED) is 0.721. The maximum atomic E-state index is 3.59. The molecule has 0 fully saturated rings. The summed E-state index contributed by atoms with van der Waals surface area (Å²) in [6.45, 7) is 5.25. The molecule has 0 saturated heterocycles. The van der Waals surface area contributed by atoms with E-state index in [4.69, 9.17) is 0 Å². The molecule has 3 rings (SSSR count). The second kappa shape index (κ2) is 5.51. The van der Waals surface area contributed by atoms with Gasteiger partial charge in [-0.25, -0.2) is 0 Å². The summed E-state index contributed by atoms with van der Waals surface area (Å²) in [5.41, 5.74) is 5.13. The third kappa shape index (κ3) is 2.61. The standard InChI is InChI=1S/C18H20N2/c1-13-7-3-4-9-16(13)12-19-14(2)18-11-15-8-5-6-10-17(15)20-18/h3-11,14,19-20H,12H2,1-2H3/t14-/m0/s1. The van der Waals surface area contributed by atoms with Gasteiger partial charge in [-0.05, 0) is 42.5 Å². The molecule has 1 heterocycles. The minimum atomic E-state index is 0.307. The number of para-hydroxylation sites is 1. The molecule has 0 aliphatic rings. The topological polar surface area (TPSA) is 27.8 Å². The number of aryl methyl sites for hydroxylation is 1. The first-order valence-electron chi connectivity index (χ1n) is 7.09. The van der Waals surface area contributed by atoms with Gasteiger partial charge in [-0.2, -0.15) is 0 Å². The van der Waals surface area contributed by atoms with Crippen LogP contribution >= 0.6 is 0 Å². The van der Waals surface area contributed by atoms with Gasteiger partial charge in [0, 0.05) is 23.8 Å². The Labute approximate surface area is 119 Å². The van der Waals surface area contributed by atoms with Crippen LogP contribution in [0.4, 0.5) is 0 Å². The summed E-state index contributed by atoms with van der Waals surface area (Å²) in [5.74, 6) is 0. The molecule has 0 amide bonds. The van der Waals surface area contributed by atoms with Gasteiger partial charge in [0.1, 0.15) is 0 Å². The van der Waals surface area contributed by atoms with Gasteiger partial charge in [0.25, 0.3) is 0 Å². The van der Waals surface area contributed by atoms with E-state index in [1.54, 1.807) is 0 Å². The van der Waals surface area contributed by atoms with Crippen molar-refractivity contribution in [2.75, 3.05) is 0 Å². The maximum Gasteiger partial charge on any atom is 0.0456 e. The molecule has 102 valence electrons. The summed E-state index contributed by atoms with van der Waals surface area (Å²) in [7, 11) is 0. The molecule has 1 atom stereocenters. The summed E-state index contributed by atoms with van der Waals surface area (Å²) in [6.07, 6.45) is 0. The molecule has 2 N–H and O–H groups in total. The van der Waals surface area contributed by atoms with Crippen molar-refractivity contribution in [2.45, 2.75) is 26.4 Å². The number of rotatable bonds is 4. The van der Waals surface area contributed by atoms with Crippen LogP contribution in [0.15, 0.2) is 54.6 Å². The third-order valence-electron chi connectivity index (χ3n) is 3.88. The first kappa shape index (κ1) is 12.9. The highest BCUT2D eigenvalue weighted by atomic mass is 14.9. The normalized spacial score (nSPS) is 12.7. The molecule has 2 aromatic carbocycles. The van der Waals surface area contributed by atoms with E-state index in [1.165, 1.54) is 27.7 Å². The Morgan fingerprint density at radius 1 is 1.05 bits per heavy atom. The van der Waals surface area contributed by atoms with Crippen molar-refractivity contribution < 1.29 is 0 Å². The van der Waals surface area contributed by atoms with Crippen molar-refractivity contribution in [1.29, 1.82) is 0 Å². The predicted octanol–water partition coefficient (Wildman–Crippen LogP) is 4.33. The average Bonchev–Trinajstić information content (AvgIpc) is 2.90. The van der Waals surface area contributed by atoms with Crippen molar-refractivity contribution in [3.05, 3.63) is 71.4 Å². The lowest BCUT2D eigenvalue weighted by Crippen LogP contribution is -2.18. The third-order valence-corrected chi connectivity index (χ3v) is 3.88. The van der Waals surface area contributed by atoms with Gasteiger partial charge in [-0.15, -0.1) is 0 Å². The van der Waals surface area contributed by atoms with Gasteiger partial charge < -0.3 is 10.3 Å². The lowest BCUT2D eigenvalue weighted by molar-refractivity contribution is 0.564. The van der Waals surface area contributed by atoms with E-state index in [2.05, 4.69) is 78.7 Å². The van der Waals surface area contributed by atoms with Gasteiger partial charge in [-0.3, -0.25) is 0 Å². The van der Waals surface area contributed by atoms with Gasteiger partial charge in [0.15, 0.2) is 0 Å². The number of benzene rings is 2. The van der Waals surface area contributed by atoms with Crippen LogP contribution in [0.2, 0.25) is 0 Å². The Bertz CT molecular complexity index is 679. The van der Waals surface area contributed by atoms with E-state index in [9.17, 15) is 0 Å². The molecule has 0 bridgehead atoms. The molecule has 0 radical (unpaired) electrons. The van der Waals surface area contributed by atoms with Crippen LogP contribution in [0, 0.1) is 6.92 Å². The average molecular weight is 264 g/mol. The first-order valence-corrected chi connectivity index (χ1v) is 7.09. The van der Waals surface area contributed by atoms with Gasteiger partial charge in [0.2, 0.25) is 0 Å². The van der Waals surface area contributed by atoms with E-state index in [1.807, 2.05) is 0 Å². The number of hydrogen-bond acceptors (Lipinski definition) is 1. The van der Waals surface area contributed by atoms with Gasteiger partial charge >= 0.3 is 0 Å². The Morgan fingerprint density at radius 2 is 1.80 bits per heavy atom. The first-order chi connectivity index (χ1) is 9.74. The van der Waals surface area contributed by atoms with Crippen LogP contribution in [-0.2, 0) is 6.54 Å². The van der Waals surface area contributed by atoms with Crippen LogP contribution in [0.3, 0.4) is 0 Å². The molecule has 2 nitrogen and oxygen atoms in total. The minimum absolute atomic E-state index is 0.307. The highest BCUT2D eigenvalue weighted by Gasteiger charge is 2.08. The Balaban J connectivity index is 1.73. The van der Waals surface area contributed by atoms with Crippen molar-refractivity contribution in [1.82, 2.24) is 10.3 Å². The largest absolute Gasteiger partial charge is 0.357 e. The zero-order chi connectivity index (χ0) is 13.9. The Hall–Kier alpha value is -2.06. The lowest BCUT2D eigenvalue weighted by Gasteiger charge is -2.13. The molecule has 0 unspecified atom stereocenters. The monoisotopic (exact) mass is 264 g/mol. The molecule has 0 aliphatic heterocycles. The number of nitrogens with one attached hydrogen (secondary N) is 2. The van der Waals surface area contributed by atoms with Crippen LogP contribution in [0.5, 0.6) is 0 Å². The van der Waals surface area contributed by atoms with E-state index in [-0.39, 0.29) is 0 Å². The van der Waals surface area contributed by atoms with Gasteiger partial charge in [0.05, 0.1) is 0 Å². The lowest BCUT2D eigenvalue weighted by atomic mass is 10.1. The molecule has 0 spiro atoms. The number of aromatic amines is 1. The van der Waals surface area contributed by atoms with E-state index in [0.29, 0.717) is 6.04 Å². The number of H-pyrrole nitrogens is 1. The Morgan fingerprint density at radius 3 is 2.60 bits per heavy atom. The summed E-state index contributed by atoms with van der Waals surface area (Å²) in [6, 6.07) is 19.4. The molecule has 0 aliphatic carbocycles. The predicted molar refractivity (Wildman–Crippen MR) is 84.7 cm³/mol. The highest BCUT2D eigenvalue weighted by Crippen LogP contribution is 2.20. The molecule has 0 saturated carbocycles. The molecular formula is C18H20N2. The van der Waals surface area contributed by atoms with E-state index < -0.39 is 0 Å². The number of fused-ring (bicyclic) bond motifs is 1. The minimum Gasteiger partial charge on any atom is -0.357 e. The fraction of sp³-hybridized carbons (Fsp3) is 0.222. The zero-order valence-corrected chi connectivity index (χ0v) is 12.0. The van der Waals surface area contributed by atoms with Crippen LogP contribution in [-0.4, -0.2) is 4.98 Å². The number of aromatic nitrogens is 1. The highest BCUT2D eigenvalue weighted by molar-refractivity contribution is 5.80. The summed E-state index contributed by atoms with van der Waals surface area (Å²) < 4.78 is 0. The van der Waals surface area contributed by atoms with Crippen LogP contribution in [0.25, 0.3) is 10.9 Å². The van der Waals surface area contributed by atoms with Crippen LogP contribution in [0.1, 0.15) is 29.8 Å². The molecule has 2 heteroatoms. The maximum absolute atomic E-state index is 3.59. The van der Waals surface area contributed by atoms with Crippen LogP contribution < -0.4 is 5.32 Å². The Kier molecular flexibility index (Phi) is 3.57. The second-order valence-electron chi connectivity index (χ2n) is 5.34. The van der Waals surface area contributed by atoms with E-state index in [0.717, 1.165) is 6.54 Å². The number of hydrogen-bond donors (Lipinski definition) is 2. The summed E-state index contributed by atoms with van der Waals surface area (Å²) in [5, 5.41) is 4.86. The van der Waals surface area contributed by atoms with Crippen molar-refractivity contribution in [2.24, 2.45) is 0 Å².